The molecular formula is C20H22FN7O2. The highest BCUT2D eigenvalue weighted by atomic mass is 19.1. The first-order valence-electron chi connectivity index (χ1n) is 10.1. The first-order chi connectivity index (χ1) is 14.6. The van der Waals surface area contributed by atoms with Gasteiger partial charge in [-0.25, -0.2) is 23.7 Å². The number of hydrogen-bond acceptors (Lipinski definition) is 6. The molecular weight excluding hydrogens is 389 g/mol. The Morgan fingerprint density at radius 2 is 2.20 bits per heavy atom. The fourth-order valence-electron chi connectivity index (χ4n) is 4.06. The molecule has 3 aromatic heterocycles. The Morgan fingerprint density at radius 1 is 1.30 bits per heavy atom. The summed E-state index contributed by atoms with van der Waals surface area (Å²) in [4.78, 5) is 23.4. The Labute approximate surface area is 172 Å². The molecule has 0 spiro atoms. The predicted molar refractivity (Wildman–Crippen MR) is 108 cm³/mol. The molecule has 10 heteroatoms. The third-order valence-electron chi connectivity index (χ3n) is 5.50. The minimum absolute atomic E-state index is 0.102. The molecule has 0 aliphatic carbocycles. The summed E-state index contributed by atoms with van der Waals surface area (Å²) in [6.45, 7) is 3.10. The minimum Gasteiger partial charge on any atom is -0.474 e. The van der Waals surface area contributed by atoms with Crippen LogP contribution in [0.25, 0.3) is 5.65 Å². The zero-order chi connectivity index (χ0) is 20.7. The zero-order valence-corrected chi connectivity index (χ0v) is 16.5. The van der Waals surface area contributed by atoms with E-state index in [2.05, 4.69) is 25.6 Å². The number of carbonyl (C=O) groups is 1. The van der Waals surface area contributed by atoms with Gasteiger partial charge in [0.15, 0.2) is 5.65 Å². The maximum Gasteiger partial charge on any atom is 0.319 e. The van der Waals surface area contributed by atoms with Crippen molar-refractivity contribution in [3.63, 3.8) is 0 Å². The Morgan fingerprint density at radius 3 is 3.10 bits per heavy atom. The van der Waals surface area contributed by atoms with Crippen LogP contribution in [0.15, 0.2) is 30.7 Å². The maximum absolute atomic E-state index is 14.1. The van der Waals surface area contributed by atoms with Gasteiger partial charge in [0.25, 0.3) is 0 Å². The molecule has 9 nitrogen and oxygen atoms in total. The van der Waals surface area contributed by atoms with Crippen molar-refractivity contribution in [2.75, 3.05) is 23.3 Å². The van der Waals surface area contributed by atoms with E-state index in [0.717, 1.165) is 25.2 Å². The smallest absolute Gasteiger partial charge is 0.319 e. The van der Waals surface area contributed by atoms with Crippen LogP contribution in [0, 0.1) is 5.82 Å². The van der Waals surface area contributed by atoms with E-state index in [-0.39, 0.29) is 18.2 Å². The summed E-state index contributed by atoms with van der Waals surface area (Å²) in [6.07, 6.45) is 6.71. The van der Waals surface area contributed by atoms with Gasteiger partial charge in [-0.15, -0.1) is 0 Å². The lowest BCUT2D eigenvalue weighted by Crippen LogP contribution is -2.32. The maximum atomic E-state index is 14.1. The lowest BCUT2D eigenvalue weighted by molar-refractivity contribution is 0.197. The number of nitrogens with zero attached hydrogens (tertiary/aromatic N) is 5. The number of halogens is 1. The number of hydrogen-bond donors (Lipinski definition) is 2. The molecule has 2 aliphatic heterocycles. The number of anilines is 2. The standard InChI is InChI=1S/C20H22FN7O2/c1-12-4-6-22-20(29)25-15-11-24-28-8-5-17(26-18(15)28)27-7-2-3-16(27)14-9-13(21)10-23-19(14)30-12/h5,8-12,16H,2-4,6-7H2,1H3,(H2,22,25,29)/t12-,16+/m0/s1. The van der Waals surface area contributed by atoms with Crippen LogP contribution in [0.4, 0.5) is 20.7 Å². The second-order valence-electron chi connectivity index (χ2n) is 7.61. The molecule has 3 aromatic rings. The molecule has 1 fully saturated rings. The summed E-state index contributed by atoms with van der Waals surface area (Å²) >= 11 is 0. The molecule has 0 aromatic carbocycles. The van der Waals surface area contributed by atoms with E-state index in [0.29, 0.717) is 35.7 Å². The molecule has 0 unspecified atom stereocenters. The number of urea groups is 1. The fourth-order valence-corrected chi connectivity index (χ4v) is 4.06. The summed E-state index contributed by atoms with van der Waals surface area (Å²) in [5.41, 5.74) is 1.79. The Kier molecular flexibility index (Phi) is 4.61. The van der Waals surface area contributed by atoms with Crippen LogP contribution < -0.4 is 20.3 Å². The highest BCUT2D eigenvalue weighted by Gasteiger charge is 2.31. The SMILES string of the molecule is C[C@H]1CCNC(=O)Nc2cnn3ccc(nc23)N2CCC[C@@H]2c2cc(F)cnc2O1. The van der Waals surface area contributed by atoms with Gasteiger partial charge >= 0.3 is 6.03 Å². The summed E-state index contributed by atoms with van der Waals surface area (Å²) in [7, 11) is 0. The van der Waals surface area contributed by atoms with Gasteiger partial charge in [-0.1, -0.05) is 0 Å². The van der Waals surface area contributed by atoms with Crippen LogP contribution in [0.5, 0.6) is 5.88 Å². The first-order valence-corrected chi connectivity index (χ1v) is 10.1. The van der Waals surface area contributed by atoms with E-state index >= 15 is 0 Å². The molecule has 156 valence electrons. The summed E-state index contributed by atoms with van der Waals surface area (Å²) in [5.74, 6) is 0.756. The van der Waals surface area contributed by atoms with E-state index in [1.807, 2.05) is 13.0 Å². The van der Waals surface area contributed by atoms with Crippen molar-refractivity contribution >= 4 is 23.2 Å². The predicted octanol–water partition coefficient (Wildman–Crippen LogP) is 2.90. The Bertz CT molecular complexity index is 1100. The summed E-state index contributed by atoms with van der Waals surface area (Å²) in [6, 6.07) is 2.94. The first kappa shape index (κ1) is 18.6. The number of carbonyl (C=O) groups excluding carboxylic acids is 1. The lowest BCUT2D eigenvalue weighted by Gasteiger charge is -2.27. The molecule has 30 heavy (non-hydrogen) atoms. The molecule has 1 saturated heterocycles. The van der Waals surface area contributed by atoms with E-state index in [4.69, 9.17) is 9.72 Å². The average Bonchev–Trinajstić information content (AvgIpc) is 3.36. The van der Waals surface area contributed by atoms with Crippen LogP contribution in [0.2, 0.25) is 0 Å². The third-order valence-corrected chi connectivity index (χ3v) is 5.50. The lowest BCUT2D eigenvalue weighted by atomic mass is 10.1. The molecule has 5 rings (SSSR count). The van der Waals surface area contributed by atoms with Crippen molar-refractivity contribution in [1.82, 2.24) is 24.9 Å². The monoisotopic (exact) mass is 411 g/mol. The van der Waals surface area contributed by atoms with Gasteiger partial charge in [0.05, 0.1) is 24.5 Å². The van der Waals surface area contributed by atoms with E-state index in [1.165, 1.54) is 12.3 Å². The van der Waals surface area contributed by atoms with Gasteiger partial charge in [-0.05, 0) is 31.9 Å². The Balaban J connectivity index is 1.62. The van der Waals surface area contributed by atoms with Crippen molar-refractivity contribution in [3.8, 4) is 5.88 Å². The minimum atomic E-state index is -0.396. The number of amides is 2. The highest BCUT2D eigenvalue weighted by Crippen LogP contribution is 2.39. The van der Waals surface area contributed by atoms with Gasteiger partial charge < -0.3 is 20.3 Å². The van der Waals surface area contributed by atoms with Gasteiger partial charge in [0.1, 0.15) is 17.3 Å². The number of rotatable bonds is 0. The van der Waals surface area contributed by atoms with Crippen LogP contribution >= 0.6 is 0 Å². The largest absolute Gasteiger partial charge is 0.474 e. The molecule has 2 atom stereocenters. The van der Waals surface area contributed by atoms with E-state index < -0.39 is 5.82 Å². The van der Waals surface area contributed by atoms with Crippen LogP contribution in [0.1, 0.15) is 37.8 Å². The van der Waals surface area contributed by atoms with Gasteiger partial charge in [0.2, 0.25) is 5.88 Å². The number of aromatic nitrogens is 4. The molecule has 5 heterocycles. The molecule has 2 bridgehead atoms. The van der Waals surface area contributed by atoms with Gasteiger partial charge in [-0.3, -0.25) is 0 Å². The second-order valence-corrected chi connectivity index (χ2v) is 7.61. The van der Waals surface area contributed by atoms with Crippen molar-refractivity contribution in [3.05, 3.63) is 42.1 Å². The highest BCUT2D eigenvalue weighted by molar-refractivity contribution is 5.93. The molecule has 2 N–H and O–H groups in total. The van der Waals surface area contributed by atoms with Gasteiger partial charge in [-0.2, -0.15) is 5.10 Å². The number of ether oxygens (including phenoxy) is 1. The normalized spacial score (nSPS) is 21.8. The van der Waals surface area contributed by atoms with Crippen LogP contribution in [-0.2, 0) is 0 Å². The molecule has 0 saturated carbocycles. The summed E-state index contributed by atoms with van der Waals surface area (Å²) < 4.78 is 21.8. The fraction of sp³-hybridized carbons (Fsp3) is 0.400. The molecule has 2 aliphatic rings. The van der Waals surface area contributed by atoms with Crippen molar-refractivity contribution in [2.45, 2.75) is 38.3 Å². The van der Waals surface area contributed by atoms with Crippen molar-refractivity contribution in [2.24, 2.45) is 0 Å². The topological polar surface area (TPSA) is 96.7 Å². The average molecular weight is 411 g/mol. The van der Waals surface area contributed by atoms with Crippen molar-refractivity contribution < 1.29 is 13.9 Å². The Hall–Kier alpha value is -3.43. The number of fused-ring (bicyclic) bond motifs is 5. The van der Waals surface area contributed by atoms with Gasteiger partial charge in [0, 0.05) is 31.3 Å². The molecule has 0 radical (unpaired) electrons. The van der Waals surface area contributed by atoms with E-state index in [1.54, 1.807) is 16.9 Å². The zero-order valence-electron chi connectivity index (χ0n) is 16.5. The quantitative estimate of drug-likeness (QED) is 0.591. The van der Waals surface area contributed by atoms with E-state index in [9.17, 15) is 9.18 Å². The van der Waals surface area contributed by atoms with Crippen molar-refractivity contribution in [1.29, 1.82) is 0 Å². The second kappa shape index (κ2) is 7.43. The third kappa shape index (κ3) is 3.38. The van der Waals surface area contributed by atoms with Crippen LogP contribution in [0.3, 0.4) is 0 Å². The van der Waals surface area contributed by atoms with Crippen LogP contribution in [-0.4, -0.2) is 44.8 Å². The molecule has 2 amide bonds. The number of pyridine rings is 1. The number of nitrogens with one attached hydrogen (secondary N) is 2. The summed E-state index contributed by atoms with van der Waals surface area (Å²) in [5, 5.41) is 9.88.